The standard InChI is InChI=1S/C86H126N16O12/c1-27-56-40-64(80(6,7)8)42-58(72(56)108-52-68-48-92-96-100(68)33-29-88-76(104)112-84(18,19)20)38-60-44-66(82(12,13)14)46-62(74(60)110-54-70-50-94-98-102(70)35-31-90-78(106)114-86(24,25)26)39-61-45-65(81(9,10)11)43-59(73(61)109-53-69-49-93-97-101(69)34-30-89-77(105)113-85(21,22)23)37-57-41-63(79(3,4)5)36-55(2)71(57)107-51-67-47-91-95-99(67)32-28-87-75(103)111-83(15,16)17/h36,40-50H,27-35,37-39,51-54H2,1-26H3,(H,87,103)(H,88,104)(H,89,105)(H,90,106). The summed E-state index contributed by atoms with van der Waals surface area (Å²) in [7, 11) is 0. The molecule has 28 heteroatoms. The normalized spacial score (nSPS) is 12.5. The Morgan fingerprint density at radius 1 is 0.316 bits per heavy atom. The van der Waals surface area contributed by atoms with E-state index in [1.54, 1.807) is 43.5 Å². The predicted octanol–water partition coefficient (Wildman–Crippen LogP) is 15.3. The van der Waals surface area contributed by atoms with E-state index in [0.717, 1.165) is 72.5 Å². The molecule has 0 spiro atoms. The van der Waals surface area contributed by atoms with Crippen LogP contribution in [0.5, 0.6) is 23.0 Å². The number of aryl methyl sites for hydroxylation is 2. The Kier molecular flexibility index (Phi) is 28.9. The zero-order valence-electron chi connectivity index (χ0n) is 72.5. The maximum absolute atomic E-state index is 13.0. The maximum Gasteiger partial charge on any atom is 0.407 e. The Labute approximate surface area is 673 Å². The molecule has 4 amide bonds. The molecule has 0 aliphatic rings. The fourth-order valence-corrected chi connectivity index (χ4v) is 12.5. The average Bonchev–Trinajstić information content (AvgIpc) is 0.830. The maximum atomic E-state index is 13.0. The Hall–Kier alpha value is -10.3. The number of carbonyl (C=O) groups is 4. The van der Waals surface area contributed by atoms with Crippen LogP contribution in [0.25, 0.3) is 0 Å². The van der Waals surface area contributed by atoms with Gasteiger partial charge in [0.2, 0.25) is 0 Å². The average molecular weight is 1580 g/mol. The summed E-state index contributed by atoms with van der Waals surface area (Å²) >= 11 is 0. The van der Waals surface area contributed by atoms with Crippen molar-refractivity contribution in [2.45, 2.75) is 302 Å². The lowest BCUT2D eigenvalue weighted by atomic mass is 9.80. The molecule has 0 saturated heterocycles. The summed E-state index contributed by atoms with van der Waals surface area (Å²) in [5, 5.41) is 46.5. The minimum absolute atomic E-state index is 0.0291. The topological polar surface area (TPSA) is 313 Å². The van der Waals surface area contributed by atoms with Crippen molar-refractivity contribution in [2.24, 2.45) is 0 Å². The number of nitrogens with one attached hydrogen (secondary N) is 4. The highest BCUT2D eigenvalue weighted by molar-refractivity contribution is 5.69. The third kappa shape index (κ3) is 26.9. The number of ether oxygens (including phenoxy) is 8. The van der Waals surface area contributed by atoms with Gasteiger partial charge in [0.25, 0.3) is 0 Å². The first-order valence-electron chi connectivity index (χ1n) is 39.5. The second-order valence-corrected chi connectivity index (χ2v) is 37.2. The molecule has 4 N–H and O–H groups in total. The van der Waals surface area contributed by atoms with Gasteiger partial charge in [-0.25, -0.2) is 37.9 Å². The monoisotopic (exact) mass is 1570 g/mol. The van der Waals surface area contributed by atoms with Gasteiger partial charge < -0.3 is 59.2 Å². The van der Waals surface area contributed by atoms with Gasteiger partial charge in [0.15, 0.2) is 0 Å². The van der Waals surface area contributed by atoms with Crippen molar-refractivity contribution in [3.63, 3.8) is 0 Å². The number of amides is 4. The SMILES string of the molecule is CCc1cc(C(C)(C)C)cc(Cc2cc(C(C)(C)C)cc(Cc3cc(C(C)(C)C)cc(Cc4cc(C(C)(C)C)cc(C)c4OCc4cnnn4CCNC(=O)OC(C)(C)C)c3OCc3cnnn3CCNC(=O)OC(C)(C)C)c2OCc2cnnn2CCNC(=O)OC(C)(C)C)c1OCc1cnnn1CCNC(=O)OC(C)(C)C. The Bertz CT molecular complexity index is 4590. The second kappa shape index (κ2) is 36.9. The molecule has 4 aromatic carbocycles. The summed E-state index contributed by atoms with van der Waals surface area (Å²) in [6.07, 6.45) is 6.22. The fraction of sp³-hybridized carbons (Fsp3) is 0.581. The molecular formula is C86H126N16O12. The Morgan fingerprint density at radius 3 is 0.754 bits per heavy atom. The van der Waals surface area contributed by atoms with Gasteiger partial charge in [0.05, 0.1) is 73.7 Å². The van der Waals surface area contributed by atoms with Crippen LogP contribution in [-0.2, 0) is 119 Å². The lowest BCUT2D eigenvalue weighted by Crippen LogP contribution is -2.34. The lowest BCUT2D eigenvalue weighted by molar-refractivity contribution is 0.0513. The number of carbonyl (C=O) groups excluding carboxylic acids is 4. The van der Waals surface area contributed by atoms with Gasteiger partial charge in [0, 0.05) is 45.4 Å². The van der Waals surface area contributed by atoms with Gasteiger partial charge in [-0.15, -0.1) is 20.4 Å². The van der Waals surface area contributed by atoms with Crippen LogP contribution in [0.3, 0.4) is 0 Å². The van der Waals surface area contributed by atoms with Crippen molar-refractivity contribution in [3.8, 4) is 23.0 Å². The van der Waals surface area contributed by atoms with Crippen molar-refractivity contribution < 1.29 is 57.1 Å². The molecule has 0 unspecified atom stereocenters. The van der Waals surface area contributed by atoms with Gasteiger partial charge >= 0.3 is 24.4 Å². The zero-order chi connectivity index (χ0) is 84.1. The third-order valence-electron chi connectivity index (χ3n) is 18.3. The summed E-state index contributed by atoms with van der Waals surface area (Å²) in [5.41, 5.74) is 10.3. The summed E-state index contributed by atoms with van der Waals surface area (Å²) < 4.78 is 58.2. The van der Waals surface area contributed by atoms with E-state index in [0.29, 0.717) is 78.8 Å². The van der Waals surface area contributed by atoms with Gasteiger partial charge in [-0.2, -0.15) is 0 Å². The quantitative estimate of drug-likeness (QED) is 0.0293. The number of nitrogens with zero attached hydrogens (tertiary/aromatic N) is 12. The number of hydrogen-bond donors (Lipinski definition) is 4. The second-order valence-electron chi connectivity index (χ2n) is 37.2. The molecule has 0 bridgehead atoms. The number of aromatic nitrogens is 12. The number of rotatable bonds is 31. The highest BCUT2D eigenvalue weighted by Crippen LogP contribution is 2.44. The molecular weight excluding hydrogens is 1450 g/mol. The number of benzene rings is 4. The van der Waals surface area contributed by atoms with Crippen LogP contribution < -0.4 is 40.2 Å². The van der Waals surface area contributed by atoms with Crippen LogP contribution in [0.1, 0.15) is 263 Å². The fourth-order valence-electron chi connectivity index (χ4n) is 12.5. The van der Waals surface area contributed by atoms with Gasteiger partial charge in [-0.3, -0.25) is 0 Å². The van der Waals surface area contributed by atoms with Crippen molar-refractivity contribution in [3.05, 3.63) is 163 Å². The van der Waals surface area contributed by atoms with Crippen molar-refractivity contribution in [1.29, 1.82) is 0 Å². The van der Waals surface area contributed by atoms with E-state index < -0.39 is 57.6 Å². The summed E-state index contributed by atoms with van der Waals surface area (Å²) in [5.74, 6) is 2.65. The summed E-state index contributed by atoms with van der Waals surface area (Å²) in [6, 6.07) is 17.9. The largest absolute Gasteiger partial charge is 0.487 e. The Balaban J connectivity index is 1.32. The minimum Gasteiger partial charge on any atom is -0.487 e. The molecule has 622 valence electrons. The van der Waals surface area contributed by atoms with Crippen LogP contribution >= 0.6 is 0 Å². The molecule has 0 radical (unpaired) electrons. The van der Waals surface area contributed by atoms with E-state index in [9.17, 15) is 19.2 Å². The molecule has 0 atom stereocenters. The van der Waals surface area contributed by atoms with Crippen molar-refractivity contribution in [2.75, 3.05) is 26.2 Å². The zero-order valence-corrected chi connectivity index (χ0v) is 72.5. The molecule has 114 heavy (non-hydrogen) atoms. The first-order chi connectivity index (χ1) is 53.0. The van der Waals surface area contributed by atoms with Gasteiger partial charge in [-0.05, 0) is 185 Å². The highest BCUT2D eigenvalue weighted by atomic mass is 16.6. The number of hydrogen-bond acceptors (Lipinski definition) is 20. The van der Waals surface area contributed by atoms with Crippen LogP contribution in [0.4, 0.5) is 19.2 Å². The first kappa shape index (κ1) is 89.3. The van der Waals surface area contributed by atoms with E-state index in [1.807, 2.05) is 83.1 Å². The molecule has 8 aromatic rings. The third-order valence-corrected chi connectivity index (χ3v) is 18.3. The van der Waals surface area contributed by atoms with Gasteiger partial charge in [0.1, 0.15) is 71.8 Å². The minimum atomic E-state index is -0.695. The van der Waals surface area contributed by atoms with E-state index in [1.165, 1.54) is 0 Å². The van der Waals surface area contributed by atoms with Crippen molar-refractivity contribution in [1.82, 2.24) is 81.2 Å². The molecule has 8 rings (SSSR count). The summed E-state index contributed by atoms with van der Waals surface area (Å²) in [6.45, 7) is 54.9. The van der Waals surface area contributed by atoms with Gasteiger partial charge in [-0.1, -0.05) is 159 Å². The van der Waals surface area contributed by atoms with Crippen LogP contribution in [0.2, 0.25) is 0 Å². The molecule has 0 aliphatic carbocycles. The summed E-state index contributed by atoms with van der Waals surface area (Å²) in [4.78, 5) is 51.3. The van der Waals surface area contributed by atoms with Crippen LogP contribution in [-0.4, -0.2) is 133 Å². The van der Waals surface area contributed by atoms with E-state index in [4.69, 9.17) is 37.9 Å². The molecule has 0 saturated carbocycles. The molecule has 0 aliphatic heterocycles. The lowest BCUT2D eigenvalue weighted by Gasteiger charge is -2.28. The Morgan fingerprint density at radius 2 is 0.526 bits per heavy atom. The number of alkyl carbamates (subject to hydrolysis) is 4. The molecule has 4 aromatic heterocycles. The van der Waals surface area contributed by atoms with E-state index >= 15 is 0 Å². The van der Waals surface area contributed by atoms with Crippen molar-refractivity contribution >= 4 is 24.4 Å². The van der Waals surface area contributed by atoms with Crippen LogP contribution in [0.15, 0.2) is 73.3 Å². The van der Waals surface area contributed by atoms with E-state index in [-0.39, 0.29) is 76.5 Å². The predicted molar refractivity (Wildman–Crippen MR) is 437 cm³/mol. The smallest absolute Gasteiger partial charge is 0.407 e. The van der Waals surface area contributed by atoms with Crippen LogP contribution in [0, 0.1) is 6.92 Å². The van der Waals surface area contributed by atoms with E-state index in [2.05, 4.69) is 208 Å². The molecule has 28 nitrogen and oxygen atoms in total. The first-order valence-corrected chi connectivity index (χ1v) is 39.5. The molecule has 4 heterocycles. The molecule has 0 fully saturated rings. The highest BCUT2D eigenvalue weighted by Gasteiger charge is 2.31.